The average Bonchev–Trinajstić information content (AvgIpc) is 2.31. The fourth-order valence-electron chi connectivity index (χ4n) is 1.24. The molecule has 1 aromatic carbocycles. The van der Waals surface area contributed by atoms with Crippen LogP contribution in [-0.4, -0.2) is 32.8 Å². The number of methoxy groups -OCH3 is 1. The fraction of sp³-hybridized carbons (Fsp3) is 0.417. The lowest BCUT2D eigenvalue weighted by atomic mass is 10.2. The van der Waals surface area contributed by atoms with Gasteiger partial charge in [0.25, 0.3) is 0 Å². The van der Waals surface area contributed by atoms with E-state index in [1.54, 1.807) is 13.2 Å². The molecular weight excluding hydrogens is 242 g/mol. The quantitative estimate of drug-likeness (QED) is 0.795. The van der Waals surface area contributed by atoms with Crippen molar-refractivity contribution in [3.05, 3.63) is 28.8 Å². The normalized spacial score (nSPS) is 10.3. The third kappa shape index (κ3) is 4.73. The van der Waals surface area contributed by atoms with Crippen LogP contribution in [-0.2, 0) is 14.3 Å². The van der Waals surface area contributed by atoms with E-state index in [2.05, 4.69) is 5.32 Å². The van der Waals surface area contributed by atoms with Crippen LogP contribution in [0, 0.1) is 6.92 Å². The van der Waals surface area contributed by atoms with E-state index in [1.807, 2.05) is 19.1 Å². The third-order valence-electron chi connectivity index (χ3n) is 2.13. The van der Waals surface area contributed by atoms with E-state index in [0.717, 1.165) is 5.56 Å². The monoisotopic (exact) mass is 257 g/mol. The Morgan fingerprint density at radius 2 is 2.18 bits per heavy atom. The van der Waals surface area contributed by atoms with Crippen molar-refractivity contribution in [3.8, 4) is 0 Å². The van der Waals surface area contributed by atoms with Crippen molar-refractivity contribution in [2.24, 2.45) is 0 Å². The molecule has 4 nitrogen and oxygen atoms in total. The Kier molecular flexibility index (Phi) is 5.97. The zero-order valence-electron chi connectivity index (χ0n) is 9.96. The number of aryl methyl sites for hydroxylation is 1. The smallest absolute Gasteiger partial charge is 0.250 e. The number of ether oxygens (including phenoxy) is 2. The van der Waals surface area contributed by atoms with E-state index in [0.29, 0.717) is 23.9 Å². The van der Waals surface area contributed by atoms with Crippen molar-refractivity contribution in [3.63, 3.8) is 0 Å². The van der Waals surface area contributed by atoms with Gasteiger partial charge >= 0.3 is 0 Å². The third-order valence-corrected chi connectivity index (χ3v) is 2.63. The van der Waals surface area contributed by atoms with Gasteiger partial charge in [-0.3, -0.25) is 4.79 Å². The lowest BCUT2D eigenvalue weighted by Crippen LogP contribution is -2.19. The second-order valence-corrected chi connectivity index (χ2v) is 3.91. The van der Waals surface area contributed by atoms with Gasteiger partial charge in [0.2, 0.25) is 5.91 Å². The van der Waals surface area contributed by atoms with Crippen LogP contribution in [0.3, 0.4) is 0 Å². The van der Waals surface area contributed by atoms with E-state index in [9.17, 15) is 4.79 Å². The topological polar surface area (TPSA) is 47.6 Å². The van der Waals surface area contributed by atoms with E-state index in [4.69, 9.17) is 21.1 Å². The minimum Gasteiger partial charge on any atom is -0.382 e. The number of hydrogen-bond acceptors (Lipinski definition) is 3. The van der Waals surface area contributed by atoms with Crippen molar-refractivity contribution in [1.82, 2.24) is 0 Å². The summed E-state index contributed by atoms with van der Waals surface area (Å²) in [6.07, 6.45) is 0. The van der Waals surface area contributed by atoms with Crippen LogP contribution in [0.2, 0.25) is 5.02 Å². The highest BCUT2D eigenvalue weighted by atomic mass is 35.5. The molecule has 0 heterocycles. The Balaban J connectivity index is 2.43. The van der Waals surface area contributed by atoms with Crippen LogP contribution in [0.25, 0.3) is 0 Å². The van der Waals surface area contributed by atoms with Crippen LogP contribution >= 0.6 is 11.6 Å². The number of benzene rings is 1. The van der Waals surface area contributed by atoms with Crippen molar-refractivity contribution in [1.29, 1.82) is 0 Å². The molecule has 0 radical (unpaired) electrons. The number of hydrogen-bond donors (Lipinski definition) is 1. The number of anilines is 1. The SMILES string of the molecule is COCCOCC(=O)Nc1cccc(C)c1Cl. The van der Waals surface area contributed by atoms with Gasteiger partial charge < -0.3 is 14.8 Å². The summed E-state index contributed by atoms with van der Waals surface area (Å²) in [5.41, 5.74) is 1.52. The van der Waals surface area contributed by atoms with E-state index >= 15 is 0 Å². The minimum absolute atomic E-state index is 0.00632. The number of nitrogens with one attached hydrogen (secondary N) is 1. The van der Waals surface area contributed by atoms with E-state index < -0.39 is 0 Å². The molecular formula is C12H16ClNO3. The summed E-state index contributed by atoms with van der Waals surface area (Å²) in [7, 11) is 1.58. The highest BCUT2D eigenvalue weighted by Gasteiger charge is 2.07. The molecule has 0 atom stereocenters. The molecule has 0 saturated heterocycles. The van der Waals surface area contributed by atoms with Crippen molar-refractivity contribution in [2.75, 3.05) is 32.2 Å². The molecule has 1 rings (SSSR count). The molecule has 0 saturated carbocycles. The van der Waals surface area contributed by atoms with Gasteiger partial charge in [-0.2, -0.15) is 0 Å². The highest BCUT2D eigenvalue weighted by Crippen LogP contribution is 2.24. The zero-order valence-corrected chi connectivity index (χ0v) is 10.7. The Morgan fingerprint density at radius 1 is 1.41 bits per heavy atom. The van der Waals surface area contributed by atoms with Crippen LogP contribution in [0.4, 0.5) is 5.69 Å². The maximum absolute atomic E-state index is 11.5. The second-order valence-electron chi connectivity index (χ2n) is 3.53. The highest BCUT2D eigenvalue weighted by molar-refractivity contribution is 6.34. The lowest BCUT2D eigenvalue weighted by molar-refractivity contribution is -0.121. The predicted octanol–water partition coefficient (Wildman–Crippen LogP) is 2.25. The zero-order chi connectivity index (χ0) is 12.7. The summed E-state index contributed by atoms with van der Waals surface area (Å²) in [5.74, 6) is -0.228. The maximum Gasteiger partial charge on any atom is 0.250 e. The first-order valence-electron chi connectivity index (χ1n) is 5.26. The molecule has 1 aromatic rings. The Bertz CT molecular complexity index is 382. The van der Waals surface area contributed by atoms with Crippen LogP contribution in [0.1, 0.15) is 5.56 Å². The van der Waals surface area contributed by atoms with Gasteiger partial charge in [0.1, 0.15) is 6.61 Å². The lowest BCUT2D eigenvalue weighted by Gasteiger charge is -2.09. The van der Waals surface area contributed by atoms with Crippen LogP contribution in [0.15, 0.2) is 18.2 Å². The van der Waals surface area contributed by atoms with E-state index in [1.165, 1.54) is 0 Å². The molecule has 94 valence electrons. The summed E-state index contributed by atoms with van der Waals surface area (Å²) >= 11 is 6.05. The Morgan fingerprint density at radius 3 is 2.88 bits per heavy atom. The van der Waals surface area contributed by atoms with Gasteiger partial charge in [-0.1, -0.05) is 23.7 Å². The molecule has 1 amide bonds. The van der Waals surface area contributed by atoms with Gasteiger partial charge in [0, 0.05) is 7.11 Å². The summed E-state index contributed by atoms with van der Waals surface area (Å²) in [5, 5.41) is 3.24. The molecule has 0 unspecified atom stereocenters. The molecule has 5 heteroatoms. The Hall–Kier alpha value is -1.10. The average molecular weight is 258 g/mol. The number of halogens is 1. The van der Waals surface area contributed by atoms with Crippen LogP contribution in [0.5, 0.6) is 0 Å². The van der Waals surface area contributed by atoms with E-state index in [-0.39, 0.29) is 12.5 Å². The van der Waals surface area contributed by atoms with Gasteiger partial charge in [0.05, 0.1) is 23.9 Å². The fourth-order valence-corrected chi connectivity index (χ4v) is 1.41. The number of carbonyl (C=O) groups is 1. The first kappa shape index (κ1) is 14.0. The Labute approximate surface area is 106 Å². The molecule has 0 aromatic heterocycles. The van der Waals surface area contributed by atoms with Crippen LogP contribution < -0.4 is 5.32 Å². The van der Waals surface area contributed by atoms with Crippen molar-refractivity contribution < 1.29 is 14.3 Å². The molecule has 0 aliphatic carbocycles. The number of rotatable bonds is 6. The predicted molar refractivity (Wildman–Crippen MR) is 67.5 cm³/mol. The maximum atomic E-state index is 11.5. The summed E-state index contributed by atoms with van der Waals surface area (Å²) < 4.78 is 9.90. The van der Waals surface area contributed by atoms with Gasteiger partial charge in [-0.05, 0) is 18.6 Å². The van der Waals surface area contributed by atoms with Gasteiger partial charge in [-0.25, -0.2) is 0 Å². The standard InChI is InChI=1S/C12H16ClNO3/c1-9-4-3-5-10(12(9)13)14-11(15)8-17-7-6-16-2/h3-5H,6-8H2,1-2H3,(H,14,15). The molecule has 0 fully saturated rings. The van der Waals surface area contributed by atoms with Crippen molar-refractivity contribution in [2.45, 2.75) is 6.92 Å². The molecule has 0 bridgehead atoms. The summed E-state index contributed by atoms with van der Waals surface area (Å²) in [6, 6.07) is 5.47. The minimum atomic E-state index is -0.228. The largest absolute Gasteiger partial charge is 0.382 e. The number of carbonyl (C=O) groups excluding carboxylic acids is 1. The molecule has 1 N–H and O–H groups in total. The van der Waals surface area contributed by atoms with Gasteiger partial charge in [0.15, 0.2) is 0 Å². The summed E-state index contributed by atoms with van der Waals surface area (Å²) in [6.45, 7) is 2.74. The first-order chi connectivity index (χ1) is 8.15. The summed E-state index contributed by atoms with van der Waals surface area (Å²) in [4.78, 5) is 11.5. The molecule has 0 aliphatic rings. The van der Waals surface area contributed by atoms with Crippen molar-refractivity contribution >= 4 is 23.2 Å². The molecule has 0 spiro atoms. The molecule has 17 heavy (non-hydrogen) atoms. The first-order valence-corrected chi connectivity index (χ1v) is 5.64. The van der Waals surface area contributed by atoms with Gasteiger partial charge in [-0.15, -0.1) is 0 Å². The second kappa shape index (κ2) is 7.27. The number of amides is 1. The molecule has 0 aliphatic heterocycles.